The van der Waals surface area contributed by atoms with E-state index in [-0.39, 0.29) is 41.3 Å². The minimum Gasteiger partial charge on any atom is -0.511 e. The van der Waals surface area contributed by atoms with E-state index >= 15 is 0 Å². The molecule has 0 radical (unpaired) electrons. The summed E-state index contributed by atoms with van der Waals surface area (Å²) in [5.74, 6) is -0.186. The molecule has 2 aromatic carbocycles. The van der Waals surface area contributed by atoms with Crippen LogP contribution in [0.5, 0.6) is 11.5 Å². The molecule has 2 aliphatic heterocycles. The van der Waals surface area contributed by atoms with Gasteiger partial charge in [0, 0.05) is 4.47 Å². The van der Waals surface area contributed by atoms with Crippen molar-refractivity contribution in [1.82, 2.24) is 0 Å². The number of carbonyl (C=O) groups is 1. The quantitative estimate of drug-likeness (QED) is 0.648. The van der Waals surface area contributed by atoms with Crippen LogP contribution < -0.4 is 4.74 Å². The molecule has 2 fully saturated rings. The van der Waals surface area contributed by atoms with Gasteiger partial charge in [-0.1, -0.05) is 28.9 Å². The second kappa shape index (κ2) is 6.96. The number of hydrogen-bond acceptors (Lipinski definition) is 4. The predicted molar refractivity (Wildman–Crippen MR) is 109 cm³/mol. The van der Waals surface area contributed by atoms with Crippen LogP contribution in [-0.2, 0) is 16.0 Å². The molecule has 0 unspecified atom stereocenters. The molecule has 2 saturated heterocycles. The summed E-state index contributed by atoms with van der Waals surface area (Å²) in [6.45, 7) is 1.98. The Morgan fingerprint density at radius 1 is 1.17 bits per heavy atom. The fourth-order valence-corrected chi connectivity index (χ4v) is 5.28. The number of hydrogen-bond donors (Lipinski definition) is 1. The molecular formula is C23H20BrFO4. The highest BCUT2D eigenvalue weighted by Crippen LogP contribution is 2.53. The van der Waals surface area contributed by atoms with Gasteiger partial charge in [-0.15, -0.1) is 0 Å². The van der Waals surface area contributed by atoms with Crippen LogP contribution >= 0.6 is 15.9 Å². The van der Waals surface area contributed by atoms with Crippen molar-refractivity contribution in [2.75, 3.05) is 0 Å². The lowest BCUT2D eigenvalue weighted by atomic mass is 9.80. The van der Waals surface area contributed by atoms with Crippen LogP contribution in [0.15, 0.2) is 46.6 Å². The number of ether oxygens (including phenoxy) is 2. The van der Waals surface area contributed by atoms with Crippen molar-refractivity contribution < 1.29 is 23.8 Å². The van der Waals surface area contributed by atoms with E-state index in [2.05, 4.69) is 15.9 Å². The fourth-order valence-electron chi connectivity index (χ4n) is 4.94. The molecule has 0 saturated carbocycles. The molecule has 2 aromatic rings. The molecule has 29 heavy (non-hydrogen) atoms. The van der Waals surface area contributed by atoms with Crippen molar-refractivity contribution in [1.29, 1.82) is 0 Å². The van der Waals surface area contributed by atoms with Crippen LogP contribution in [0.4, 0.5) is 4.39 Å². The van der Waals surface area contributed by atoms with E-state index in [1.807, 2.05) is 13.0 Å². The SMILES string of the molecule is CCc1cc(Oc2ccc(Br)cc2F)ccc1C1=C(O)[C@H]2[C@@H](C1=O)[C@@H]1CC[C@H]2O1. The fraction of sp³-hybridized carbons (Fsp3) is 0.348. The highest BCUT2D eigenvalue weighted by atomic mass is 79.9. The molecule has 2 heterocycles. The minimum atomic E-state index is -0.462. The summed E-state index contributed by atoms with van der Waals surface area (Å²) in [5.41, 5.74) is 2.02. The summed E-state index contributed by atoms with van der Waals surface area (Å²) in [4.78, 5) is 13.1. The molecule has 4 atom stereocenters. The molecule has 6 heteroatoms. The van der Waals surface area contributed by atoms with Crippen LogP contribution in [0.3, 0.4) is 0 Å². The predicted octanol–water partition coefficient (Wildman–Crippen LogP) is 5.59. The number of ketones is 1. The van der Waals surface area contributed by atoms with Crippen molar-refractivity contribution in [3.63, 3.8) is 0 Å². The number of aryl methyl sites for hydroxylation is 1. The zero-order valence-electron chi connectivity index (χ0n) is 15.8. The zero-order chi connectivity index (χ0) is 20.3. The normalized spacial score (nSPS) is 27.6. The van der Waals surface area contributed by atoms with Crippen molar-refractivity contribution in [2.45, 2.75) is 38.4 Å². The second-order valence-electron chi connectivity index (χ2n) is 7.82. The van der Waals surface area contributed by atoms with Gasteiger partial charge in [0.1, 0.15) is 11.5 Å². The van der Waals surface area contributed by atoms with Crippen molar-refractivity contribution >= 4 is 27.3 Å². The number of aliphatic hydroxyl groups is 1. The highest BCUT2D eigenvalue weighted by Gasteiger charge is 2.59. The van der Waals surface area contributed by atoms with Crippen LogP contribution in [0.25, 0.3) is 5.57 Å². The zero-order valence-corrected chi connectivity index (χ0v) is 17.4. The summed E-state index contributed by atoms with van der Waals surface area (Å²) < 4.78 is 26.3. The molecule has 2 bridgehead atoms. The van der Waals surface area contributed by atoms with Crippen LogP contribution in [0.2, 0.25) is 0 Å². The Hall–Kier alpha value is -2.18. The van der Waals surface area contributed by atoms with Gasteiger partial charge in [0.05, 0.1) is 29.6 Å². The van der Waals surface area contributed by atoms with Gasteiger partial charge in [-0.2, -0.15) is 0 Å². The Morgan fingerprint density at radius 2 is 1.93 bits per heavy atom. The number of allylic oxidation sites excluding steroid dienone is 1. The maximum absolute atomic E-state index is 14.1. The van der Waals surface area contributed by atoms with Gasteiger partial charge in [0.2, 0.25) is 0 Å². The smallest absolute Gasteiger partial charge is 0.173 e. The Kier molecular flexibility index (Phi) is 4.51. The monoisotopic (exact) mass is 458 g/mol. The Labute approximate surface area is 176 Å². The van der Waals surface area contributed by atoms with Crippen LogP contribution in [0, 0.1) is 17.7 Å². The first kappa shape index (κ1) is 18.8. The van der Waals surface area contributed by atoms with Gasteiger partial charge < -0.3 is 14.6 Å². The highest BCUT2D eigenvalue weighted by molar-refractivity contribution is 9.10. The molecule has 150 valence electrons. The number of benzene rings is 2. The number of fused-ring (bicyclic) bond motifs is 5. The lowest BCUT2D eigenvalue weighted by Gasteiger charge is -2.19. The van der Waals surface area contributed by atoms with Crippen LogP contribution in [-0.4, -0.2) is 23.1 Å². The average molecular weight is 459 g/mol. The first-order chi connectivity index (χ1) is 14.0. The van der Waals surface area contributed by atoms with Gasteiger partial charge in [-0.05, 0) is 60.7 Å². The molecule has 5 rings (SSSR count). The topological polar surface area (TPSA) is 55.8 Å². The first-order valence-electron chi connectivity index (χ1n) is 9.87. The third-order valence-electron chi connectivity index (χ3n) is 6.24. The van der Waals surface area contributed by atoms with Gasteiger partial charge in [-0.25, -0.2) is 4.39 Å². The molecule has 4 nitrogen and oxygen atoms in total. The lowest BCUT2D eigenvalue weighted by molar-refractivity contribution is -0.118. The summed E-state index contributed by atoms with van der Waals surface area (Å²) in [6, 6.07) is 9.93. The van der Waals surface area contributed by atoms with Crippen LogP contribution in [0.1, 0.15) is 30.9 Å². The van der Waals surface area contributed by atoms with E-state index in [0.717, 1.165) is 24.0 Å². The molecule has 1 N–H and O–H groups in total. The lowest BCUT2D eigenvalue weighted by Crippen LogP contribution is -2.29. The first-order valence-corrected chi connectivity index (χ1v) is 10.7. The van der Waals surface area contributed by atoms with E-state index in [9.17, 15) is 14.3 Å². The van der Waals surface area contributed by atoms with E-state index in [0.29, 0.717) is 22.2 Å². The second-order valence-corrected chi connectivity index (χ2v) is 8.73. The molecule has 0 amide bonds. The van der Waals surface area contributed by atoms with Gasteiger partial charge >= 0.3 is 0 Å². The third kappa shape index (κ3) is 2.92. The minimum absolute atomic E-state index is 0.0259. The number of aliphatic hydroxyl groups excluding tert-OH is 1. The Bertz CT molecular complexity index is 1050. The Balaban J connectivity index is 1.49. The van der Waals surface area contributed by atoms with Crippen molar-refractivity contribution in [2.24, 2.45) is 11.8 Å². The summed E-state index contributed by atoms with van der Waals surface area (Å²) >= 11 is 3.23. The summed E-state index contributed by atoms with van der Waals surface area (Å²) in [5, 5.41) is 10.9. The van der Waals surface area contributed by atoms with E-state index < -0.39 is 5.82 Å². The molecule has 3 aliphatic rings. The van der Waals surface area contributed by atoms with E-state index in [1.54, 1.807) is 24.3 Å². The van der Waals surface area contributed by atoms with Gasteiger partial charge in [0.15, 0.2) is 17.3 Å². The average Bonchev–Trinajstić information content (AvgIpc) is 3.38. The third-order valence-corrected chi connectivity index (χ3v) is 6.74. The number of Topliss-reactive ketones (excluding diaryl/α,β-unsaturated/α-hetero) is 1. The van der Waals surface area contributed by atoms with Gasteiger partial charge in [0.25, 0.3) is 0 Å². The molecule has 1 aliphatic carbocycles. The number of halogens is 2. The molecule has 0 aromatic heterocycles. The summed E-state index contributed by atoms with van der Waals surface area (Å²) in [7, 11) is 0. The number of rotatable bonds is 4. The van der Waals surface area contributed by atoms with Gasteiger partial charge in [-0.3, -0.25) is 4.79 Å². The maximum atomic E-state index is 14.1. The van der Waals surface area contributed by atoms with E-state index in [1.165, 1.54) is 6.07 Å². The largest absolute Gasteiger partial charge is 0.511 e. The standard InChI is InChI=1S/C23H20BrFO4/c1-2-11-9-13(28-16-6-3-12(24)10-15(16)25)4-5-14(11)19-22(26)20-17-7-8-18(29-17)21(20)23(19)27/h3-6,9-10,17-18,20-21,26H,2,7-8H2,1H3/t17-,18+,20-,21+/m1/s1. The molecule has 0 spiro atoms. The number of carbonyl (C=O) groups excluding carboxylic acids is 1. The Morgan fingerprint density at radius 3 is 2.62 bits per heavy atom. The molecular weight excluding hydrogens is 439 g/mol. The van der Waals surface area contributed by atoms with E-state index in [4.69, 9.17) is 9.47 Å². The van der Waals surface area contributed by atoms with Crippen molar-refractivity contribution in [3.8, 4) is 11.5 Å². The van der Waals surface area contributed by atoms with Crippen molar-refractivity contribution in [3.05, 3.63) is 63.6 Å². The summed E-state index contributed by atoms with van der Waals surface area (Å²) in [6.07, 6.45) is 2.29. The maximum Gasteiger partial charge on any atom is 0.173 e.